The molecular weight excluding hydrogens is 471 g/mol. The molecule has 0 saturated carbocycles. The Morgan fingerprint density at radius 3 is 2.37 bits per heavy atom. The fourth-order valence-corrected chi connectivity index (χ4v) is 5.05. The van der Waals surface area contributed by atoms with E-state index in [4.69, 9.17) is 0 Å². The van der Waals surface area contributed by atoms with Crippen LogP contribution < -0.4 is 10.2 Å². The Bertz CT molecular complexity index is 1410. The monoisotopic (exact) mass is 494 g/mol. The summed E-state index contributed by atoms with van der Waals surface area (Å²) in [5, 5.41) is 2.26. The van der Waals surface area contributed by atoms with E-state index in [1.54, 1.807) is 48.5 Å². The lowest BCUT2D eigenvalue weighted by molar-refractivity contribution is -0.134. The first-order valence-electron chi connectivity index (χ1n) is 11.0. The number of nitrogens with zero attached hydrogens (tertiary/aromatic N) is 1. The number of piperidine rings is 1. The molecule has 180 valence electrons. The molecule has 1 N–H and O–H groups in total. The van der Waals surface area contributed by atoms with Crippen LogP contribution in [0.1, 0.15) is 23.2 Å². The molecular formula is C26H23FN2O5S. The molecule has 0 aliphatic carbocycles. The van der Waals surface area contributed by atoms with Crippen molar-refractivity contribution in [2.75, 3.05) is 17.7 Å². The van der Waals surface area contributed by atoms with E-state index in [1.165, 1.54) is 29.2 Å². The van der Waals surface area contributed by atoms with E-state index in [-0.39, 0.29) is 29.1 Å². The van der Waals surface area contributed by atoms with Crippen LogP contribution in [-0.2, 0) is 19.4 Å². The molecule has 0 bridgehead atoms. The smallest absolute Gasteiger partial charge is 0.257 e. The zero-order valence-corrected chi connectivity index (χ0v) is 19.7. The van der Waals surface area contributed by atoms with Gasteiger partial charge in [-0.15, -0.1) is 0 Å². The fourth-order valence-electron chi connectivity index (χ4n) is 4.14. The topological polar surface area (TPSA) is 101 Å². The lowest BCUT2D eigenvalue weighted by atomic mass is 9.95. The Labute approximate surface area is 202 Å². The first kappa shape index (κ1) is 24.3. The minimum absolute atomic E-state index is 0.0116. The van der Waals surface area contributed by atoms with Crippen LogP contribution in [0.2, 0.25) is 0 Å². The third-order valence-corrected chi connectivity index (χ3v) is 7.02. The van der Waals surface area contributed by atoms with Gasteiger partial charge in [-0.1, -0.05) is 42.5 Å². The second-order valence-electron chi connectivity index (χ2n) is 8.30. The van der Waals surface area contributed by atoms with Gasteiger partial charge in [0.1, 0.15) is 11.7 Å². The fraction of sp³-hybridized carbons (Fsp3) is 0.192. The van der Waals surface area contributed by atoms with Crippen LogP contribution >= 0.6 is 0 Å². The van der Waals surface area contributed by atoms with E-state index in [2.05, 4.69) is 5.32 Å². The lowest BCUT2D eigenvalue weighted by Gasteiger charge is -2.32. The third kappa shape index (κ3) is 5.14. The van der Waals surface area contributed by atoms with Crippen molar-refractivity contribution in [3.8, 4) is 11.1 Å². The average Bonchev–Trinajstić information content (AvgIpc) is 2.84. The van der Waals surface area contributed by atoms with Crippen LogP contribution in [-0.4, -0.2) is 38.9 Å². The van der Waals surface area contributed by atoms with Crippen LogP contribution in [0.25, 0.3) is 11.1 Å². The first-order valence-corrected chi connectivity index (χ1v) is 12.9. The van der Waals surface area contributed by atoms with Gasteiger partial charge in [-0.25, -0.2) is 12.8 Å². The van der Waals surface area contributed by atoms with Crippen molar-refractivity contribution < 1.29 is 27.2 Å². The van der Waals surface area contributed by atoms with Crippen molar-refractivity contribution >= 4 is 33.2 Å². The number of carbonyl (C=O) groups is 3. The highest BCUT2D eigenvalue weighted by Crippen LogP contribution is 2.33. The first-order chi connectivity index (χ1) is 16.7. The molecule has 3 amide bonds. The van der Waals surface area contributed by atoms with Gasteiger partial charge in [-0.2, -0.15) is 0 Å². The number of imide groups is 1. The molecule has 1 unspecified atom stereocenters. The standard InChI is InChI=1S/C26H23FN2O5S/c1-35(33,34)23-12-6-5-10-19(23)18-13-14-22(21(27)16-18)29-15-7-11-20(26(29)32)25(31)28-24(30)17-8-3-2-4-9-17/h2-6,8-10,12-14,16,20H,7,11,15H2,1H3,(H,28,30,31). The quantitative estimate of drug-likeness (QED) is 0.432. The summed E-state index contributed by atoms with van der Waals surface area (Å²) >= 11 is 0. The summed E-state index contributed by atoms with van der Waals surface area (Å²) in [4.78, 5) is 39.4. The number of carbonyl (C=O) groups excluding carboxylic acids is 3. The Morgan fingerprint density at radius 2 is 1.69 bits per heavy atom. The van der Waals surface area contributed by atoms with Gasteiger partial charge < -0.3 is 4.90 Å². The number of nitrogens with one attached hydrogen (secondary N) is 1. The van der Waals surface area contributed by atoms with E-state index >= 15 is 4.39 Å². The number of sulfone groups is 1. The lowest BCUT2D eigenvalue weighted by Crippen LogP contribution is -2.49. The highest BCUT2D eigenvalue weighted by molar-refractivity contribution is 7.90. The molecule has 1 aliphatic heterocycles. The number of anilines is 1. The van der Waals surface area contributed by atoms with Gasteiger partial charge in [-0.05, 0) is 48.7 Å². The second-order valence-corrected chi connectivity index (χ2v) is 10.3. The van der Waals surface area contributed by atoms with E-state index in [0.29, 0.717) is 17.5 Å². The SMILES string of the molecule is CS(=O)(=O)c1ccccc1-c1ccc(N2CCCC(C(=O)NC(=O)c3ccccc3)C2=O)c(F)c1. The summed E-state index contributed by atoms with van der Waals surface area (Å²) in [5.41, 5.74) is 0.973. The van der Waals surface area contributed by atoms with Crippen molar-refractivity contribution in [2.45, 2.75) is 17.7 Å². The molecule has 35 heavy (non-hydrogen) atoms. The Morgan fingerprint density at radius 1 is 1.00 bits per heavy atom. The van der Waals surface area contributed by atoms with Crippen molar-refractivity contribution in [3.05, 3.63) is 84.2 Å². The summed E-state index contributed by atoms with van der Waals surface area (Å²) in [6, 6.07) is 18.6. The molecule has 1 fully saturated rings. The number of benzene rings is 3. The number of rotatable bonds is 5. The normalized spacial score (nSPS) is 16.1. The molecule has 9 heteroatoms. The summed E-state index contributed by atoms with van der Waals surface area (Å²) < 4.78 is 39.4. The summed E-state index contributed by atoms with van der Waals surface area (Å²) in [7, 11) is -3.54. The second kappa shape index (κ2) is 9.79. The Hall–Kier alpha value is -3.85. The van der Waals surface area contributed by atoms with Gasteiger partial charge in [0.25, 0.3) is 5.91 Å². The number of amides is 3. The number of hydrogen-bond donors (Lipinski definition) is 1. The van der Waals surface area contributed by atoms with Crippen LogP contribution in [0.15, 0.2) is 77.7 Å². The van der Waals surface area contributed by atoms with Gasteiger partial charge in [-0.3, -0.25) is 19.7 Å². The van der Waals surface area contributed by atoms with Crippen molar-refractivity contribution in [2.24, 2.45) is 5.92 Å². The van der Waals surface area contributed by atoms with E-state index < -0.39 is 39.3 Å². The van der Waals surface area contributed by atoms with Crippen molar-refractivity contribution in [3.63, 3.8) is 0 Å². The molecule has 3 aromatic rings. The molecule has 7 nitrogen and oxygen atoms in total. The largest absolute Gasteiger partial charge is 0.309 e. The Balaban J connectivity index is 1.56. The molecule has 4 rings (SSSR count). The molecule has 0 radical (unpaired) electrons. The van der Waals surface area contributed by atoms with Crippen LogP contribution in [0.5, 0.6) is 0 Å². The van der Waals surface area contributed by atoms with Crippen LogP contribution in [0.4, 0.5) is 10.1 Å². The predicted octanol–water partition coefficient (Wildman–Crippen LogP) is 3.60. The minimum Gasteiger partial charge on any atom is -0.309 e. The molecule has 1 aliphatic rings. The third-order valence-electron chi connectivity index (χ3n) is 5.86. The summed E-state index contributed by atoms with van der Waals surface area (Å²) in [6.07, 6.45) is 1.77. The van der Waals surface area contributed by atoms with Gasteiger partial charge in [0, 0.05) is 23.9 Å². The zero-order valence-electron chi connectivity index (χ0n) is 18.9. The minimum atomic E-state index is -3.54. The van der Waals surface area contributed by atoms with Gasteiger partial charge in [0.2, 0.25) is 11.8 Å². The number of hydrogen-bond acceptors (Lipinski definition) is 5. The van der Waals surface area contributed by atoms with E-state index in [9.17, 15) is 22.8 Å². The maximum Gasteiger partial charge on any atom is 0.257 e. The average molecular weight is 495 g/mol. The maximum atomic E-state index is 15.2. The van der Waals surface area contributed by atoms with E-state index in [0.717, 1.165) is 6.26 Å². The number of halogens is 1. The molecule has 1 saturated heterocycles. The molecule has 1 heterocycles. The Kier molecular flexibility index (Phi) is 6.79. The van der Waals surface area contributed by atoms with Crippen molar-refractivity contribution in [1.82, 2.24) is 5.32 Å². The maximum absolute atomic E-state index is 15.2. The molecule has 0 spiro atoms. The zero-order chi connectivity index (χ0) is 25.2. The molecule has 3 aromatic carbocycles. The highest BCUT2D eigenvalue weighted by Gasteiger charge is 2.36. The van der Waals surface area contributed by atoms with E-state index in [1.807, 2.05) is 0 Å². The van der Waals surface area contributed by atoms with Gasteiger partial charge >= 0.3 is 0 Å². The van der Waals surface area contributed by atoms with Crippen molar-refractivity contribution in [1.29, 1.82) is 0 Å². The summed E-state index contributed by atoms with van der Waals surface area (Å²) in [6.45, 7) is 0.214. The molecule has 0 aromatic heterocycles. The van der Waals surface area contributed by atoms with Gasteiger partial charge in [0.05, 0.1) is 10.6 Å². The van der Waals surface area contributed by atoms with Gasteiger partial charge in [0.15, 0.2) is 9.84 Å². The molecule has 1 atom stereocenters. The highest BCUT2D eigenvalue weighted by atomic mass is 32.2. The predicted molar refractivity (Wildman–Crippen MR) is 129 cm³/mol. The van der Waals surface area contributed by atoms with Crippen LogP contribution in [0, 0.1) is 11.7 Å². The summed E-state index contributed by atoms with van der Waals surface area (Å²) in [5.74, 6) is -3.78. The van der Waals surface area contributed by atoms with Crippen LogP contribution in [0.3, 0.4) is 0 Å².